The summed E-state index contributed by atoms with van der Waals surface area (Å²) in [5.74, 6) is 1.87. The van der Waals surface area contributed by atoms with Gasteiger partial charge in [0.05, 0.1) is 16.7 Å². The summed E-state index contributed by atoms with van der Waals surface area (Å²) in [6.45, 7) is 0. The van der Waals surface area contributed by atoms with Gasteiger partial charge in [0.1, 0.15) is 0 Å². The number of hydrogen-bond acceptors (Lipinski definition) is 3. The Kier molecular flexibility index (Phi) is 8.50. The summed E-state index contributed by atoms with van der Waals surface area (Å²) < 4.78 is 2.52. The molecule has 2 heterocycles. The van der Waals surface area contributed by atoms with Crippen LogP contribution in [0.15, 0.2) is 231 Å². The zero-order valence-electron chi connectivity index (χ0n) is 35.2. The Morgan fingerprint density at radius 1 is 0.246 bits per heavy atom. The lowest BCUT2D eigenvalue weighted by Crippen LogP contribution is -2.03. The fourth-order valence-electron chi connectivity index (χ4n) is 9.80. The van der Waals surface area contributed by atoms with Gasteiger partial charge in [0, 0.05) is 38.4 Å². The quantitative estimate of drug-likeness (QED) is 0.168. The van der Waals surface area contributed by atoms with Crippen LogP contribution in [0, 0.1) is 0 Å². The first-order chi connectivity index (χ1) is 32.2. The van der Waals surface area contributed by atoms with Crippen LogP contribution in [0.3, 0.4) is 0 Å². The number of aromatic nitrogens is 4. The van der Waals surface area contributed by atoms with Crippen LogP contribution in [-0.2, 0) is 0 Å². The van der Waals surface area contributed by atoms with Crippen molar-refractivity contribution in [3.8, 4) is 62.1 Å². The largest absolute Gasteiger partial charge is 0.308 e. The second-order valence-electron chi connectivity index (χ2n) is 16.8. The highest BCUT2D eigenvalue weighted by atomic mass is 15.0. The van der Waals surface area contributed by atoms with Crippen molar-refractivity contribution in [2.75, 3.05) is 0 Å². The van der Waals surface area contributed by atoms with Gasteiger partial charge in [-0.25, -0.2) is 15.0 Å². The van der Waals surface area contributed by atoms with Crippen molar-refractivity contribution in [2.45, 2.75) is 0 Å². The molecule has 0 aliphatic rings. The van der Waals surface area contributed by atoms with Crippen molar-refractivity contribution in [3.05, 3.63) is 231 Å². The van der Waals surface area contributed by atoms with Gasteiger partial charge in [-0.05, 0) is 96.9 Å². The topological polar surface area (TPSA) is 43.6 Å². The minimum absolute atomic E-state index is 0.615. The highest BCUT2D eigenvalue weighted by molar-refractivity contribution is 6.19. The predicted octanol–water partition coefficient (Wildman–Crippen LogP) is 15.9. The Hall–Kier alpha value is -8.73. The first-order valence-corrected chi connectivity index (χ1v) is 22.1. The minimum Gasteiger partial charge on any atom is -0.308 e. The fourth-order valence-corrected chi connectivity index (χ4v) is 9.80. The lowest BCUT2D eigenvalue weighted by atomic mass is 9.91. The molecule has 0 fully saturated rings. The van der Waals surface area contributed by atoms with Gasteiger partial charge < -0.3 is 4.57 Å². The van der Waals surface area contributed by atoms with Gasteiger partial charge in [-0.2, -0.15) is 0 Å². The molecule has 65 heavy (non-hydrogen) atoms. The maximum Gasteiger partial charge on any atom is 0.164 e. The first-order valence-electron chi connectivity index (χ1n) is 22.1. The van der Waals surface area contributed by atoms with E-state index in [1.54, 1.807) is 0 Å². The van der Waals surface area contributed by atoms with Crippen LogP contribution in [0.1, 0.15) is 0 Å². The maximum atomic E-state index is 5.39. The summed E-state index contributed by atoms with van der Waals surface area (Å²) in [6, 6.07) is 82.7. The molecule has 0 radical (unpaired) electrons. The zero-order chi connectivity index (χ0) is 42.8. The third kappa shape index (κ3) is 6.26. The van der Waals surface area contributed by atoms with E-state index in [4.69, 9.17) is 15.0 Å². The Bertz CT molecular complexity index is 3910. The summed E-state index contributed by atoms with van der Waals surface area (Å²) in [7, 11) is 0. The van der Waals surface area contributed by atoms with E-state index in [1.807, 2.05) is 18.2 Å². The molecule has 0 saturated heterocycles. The van der Waals surface area contributed by atoms with E-state index < -0.39 is 0 Å². The molecule has 13 aromatic rings. The molecule has 0 atom stereocenters. The predicted molar refractivity (Wildman–Crippen MR) is 271 cm³/mol. The summed E-state index contributed by atoms with van der Waals surface area (Å²) in [5.41, 5.74) is 10.7. The minimum atomic E-state index is 0.615. The SMILES string of the molecule is c1ccc(-c2cccc(-c3cc(-c4nc(-c5ccccc5)nc(-c5ccc6ccccc6c5)n4)c4ccccc4c3-n3c4cc5ccccc5cc4c4cc5ccccc5cc43)c2)cc1. The summed E-state index contributed by atoms with van der Waals surface area (Å²) >= 11 is 0. The fraction of sp³-hybridized carbons (Fsp3) is 0. The van der Waals surface area contributed by atoms with Gasteiger partial charge >= 0.3 is 0 Å². The van der Waals surface area contributed by atoms with E-state index in [0.29, 0.717) is 17.5 Å². The summed E-state index contributed by atoms with van der Waals surface area (Å²) in [6.07, 6.45) is 0. The van der Waals surface area contributed by atoms with Gasteiger partial charge in [0.25, 0.3) is 0 Å². The summed E-state index contributed by atoms with van der Waals surface area (Å²) in [4.78, 5) is 15.9. The first kappa shape index (κ1) is 36.9. The molecule has 4 heteroatoms. The Morgan fingerprint density at radius 3 is 1.37 bits per heavy atom. The van der Waals surface area contributed by atoms with Crippen molar-refractivity contribution < 1.29 is 0 Å². The molecule has 0 amide bonds. The number of hydrogen-bond donors (Lipinski definition) is 0. The molecule has 302 valence electrons. The number of rotatable bonds is 6. The molecule has 0 saturated carbocycles. The second-order valence-corrected chi connectivity index (χ2v) is 16.8. The molecule has 2 aromatic heterocycles. The van der Waals surface area contributed by atoms with Crippen LogP contribution < -0.4 is 0 Å². The molecule has 0 aliphatic carbocycles. The summed E-state index contributed by atoms with van der Waals surface area (Å²) in [5, 5.41) is 11.7. The van der Waals surface area contributed by atoms with Crippen LogP contribution in [0.2, 0.25) is 0 Å². The van der Waals surface area contributed by atoms with Crippen molar-refractivity contribution in [3.63, 3.8) is 0 Å². The molecule has 0 bridgehead atoms. The molecule has 0 N–H and O–H groups in total. The van der Waals surface area contributed by atoms with Gasteiger partial charge in [-0.3, -0.25) is 0 Å². The Balaban J connectivity index is 1.16. The van der Waals surface area contributed by atoms with Gasteiger partial charge in [-0.1, -0.05) is 188 Å². The maximum absolute atomic E-state index is 5.39. The van der Waals surface area contributed by atoms with Crippen molar-refractivity contribution in [2.24, 2.45) is 0 Å². The number of nitrogens with zero attached hydrogens (tertiary/aromatic N) is 4. The van der Waals surface area contributed by atoms with Crippen molar-refractivity contribution in [1.29, 1.82) is 0 Å². The molecule has 0 unspecified atom stereocenters. The third-order valence-electron chi connectivity index (χ3n) is 12.9. The monoisotopic (exact) mass is 826 g/mol. The number of fused-ring (bicyclic) bond motifs is 7. The highest BCUT2D eigenvalue weighted by Gasteiger charge is 2.24. The van der Waals surface area contributed by atoms with E-state index in [2.05, 4.69) is 217 Å². The molecule has 4 nitrogen and oxygen atoms in total. The molecular formula is C61H38N4. The lowest BCUT2D eigenvalue weighted by Gasteiger charge is -2.21. The molecule has 0 aliphatic heterocycles. The highest BCUT2D eigenvalue weighted by Crippen LogP contribution is 2.45. The molecule has 11 aromatic carbocycles. The lowest BCUT2D eigenvalue weighted by molar-refractivity contribution is 1.08. The van der Waals surface area contributed by atoms with Crippen LogP contribution in [0.5, 0.6) is 0 Å². The van der Waals surface area contributed by atoms with E-state index >= 15 is 0 Å². The van der Waals surface area contributed by atoms with Crippen LogP contribution in [0.4, 0.5) is 0 Å². The van der Waals surface area contributed by atoms with E-state index in [-0.39, 0.29) is 0 Å². The third-order valence-corrected chi connectivity index (χ3v) is 12.9. The van der Waals surface area contributed by atoms with Crippen molar-refractivity contribution in [1.82, 2.24) is 19.5 Å². The molecule has 13 rings (SSSR count). The van der Waals surface area contributed by atoms with E-state index in [0.717, 1.165) is 71.8 Å². The second kappa shape index (κ2) is 15.0. The zero-order valence-corrected chi connectivity index (χ0v) is 35.2. The van der Waals surface area contributed by atoms with Gasteiger partial charge in [0.2, 0.25) is 0 Å². The van der Waals surface area contributed by atoms with Crippen LogP contribution in [0.25, 0.3) is 127 Å². The average Bonchev–Trinajstić information content (AvgIpc) is 3.68. The van der Waals surface area contributed by atoms with Crippen molar-refractivity contribution >= 4 is 64.9 Å². The smallest absolute Gasteiger partial charge is 0.164 e. The van der Waals surface area contributed by atoms with E-state index in [9.17, 15) is 0 Å². The van der Waals surface area contributed by atoms with Crippen LogP contribution in [-0.4, -0.2) is 19.5 Å². The normalized spacial score (nSPS) is 11.7. The molecule has 0 spiro atoms. The molecular weight excluding hydrogens is 789 g/mol. The van der Waals surface area contributed by atoms with Gasteiger partial charge in [0.15, 0.2) is 17.5 Å². The number of benzene rings is 11. The van der Waals surface area contributed by atoms with Gasteiger partial charge in [-0.15, -0.1) is 0 Å². The Morgan fingerprint density at radius 2 is 0.723 bits per heavy atom. The van der Waals surface area contributed by atoms with E-state index in [1.165, 1.54) is 37.7 Å². The Labute approximate surface area is 375 Å². The van der Waals surface area contributed by atoms with Crippen LogP contribution >= 0.6 is 0 Å². The average molecular weight is 827 g/mol. The standard InChI is InChI=1S/C61H38N4/c1-3-16-39(17-4-1)43-26-15-27-48(32-43)52-38-55(61-63-59(41-19-5-2-6-20-41)62-60(64-61)49-31-30-40-18-7-8-21-42(40)33-49)50-28-13-14-29-51(50)58(52)65-56-36-46-24-11-9-22-44(46)34-53(56)54-35-45-23-10-12-25-47(45)37-57(54)65/h1-38H.